The van der Waals surface area contributed by atoms with Crippen LogP contribution >= 0.6 is 0 Å². The molecule has 3 aliphatic rings. The number of carbonyl (C=O) groups is 2. The summed E-state index contributed by atoms with van der Waals surface area (Å²) in [7, 11) is 0. The number of rotatable bonds is 12. The van der Waals surface area contributed by atoms with E-state index in [1.54, 1.807) is 6.08 Å². The second-order valence-electron chi connectivity index (χ2n) is 12.1. The highest BCUT2D eigenvalue weighted by Gasteiger charge is 2.56. The molecule has 1 unspecified atom stereocenters. The van der Waals surface area contributed by atoms with E-state index in [2.05, 4.69) is 18.3 Å². The molecule has 0 saturated carbocycles. The van der Waals surface area contributed by atoms with Crippen LogP contribution in [-0.4, -0.2) is 59.1 Å². The fourth-order valence-electron chi connectivity index (χ4n) is 5.46. The van der Waals surface area contributed by atoms with Crippen LogP contribution in [0.4, 0.5) is 0 Å². The molecule has 7 nitrogen and oxygen atoms in total. The van der Waals surface area contributed by atoms with Crippen LogP contribution in [0.5, 0.6) is 0 Å². The smallest absolute Gasteiger partial charge is 0.243 e. The highest BCUT2D eigenvalue weighted by Crippen LogP contribution is 2.46. The summed E-state index contributed by atoms with van der Waals surface area (Å²) in [6, 6.07) is 0.00329. The topological polar surface area (TPSA) is 97.4 Å². The fraction of sp³-hybridized carbons (Fsp3) is 0.742. The number of allylic oxidation sites excluding steroid dienone is 3. The molecule has 0 aliphatic carbocycles. The van der Waals surface area contributed by atoms with E-state index in [-0.39, 0.29) is 48.1 Å². The number of carbonyl (C=O) groups excluding carboxylic acids is 2. The van der Waals surface area contributed by atoms with Gasteiger partial charge in [0.15, 0.2) is 5.79 Å². The number of aliphatic hydroxyl groups is 1. The molecule has 3 aliphatic heterocycles. The van der Waals surface area contributed by atoms with Gasteiger partial charge in [0.05, 0.1) is 43.0 Å². The van der Waals surface area contributed by atoms with Gasteiger partial charge >= 0.3 is 0 Å². The molecule has 0 aromatic rings. The van der Waals surface area contributed by atoms with Gasteiger partial charge in [-0.25, -0.2) is 0 Å². The number of ether oxygens (including phenoxy) is 3. The quantitative estimate of drug-likeness (QED) is 0.205. The maximum absolute atomic E-state index is 12.3. The summed E-state index contributed by atoms with van der Waals surface area (Å²) in [6.45, 7) is 13.0. The van der Waals surface area contributed by atoms with Crippen molar-refractivity contribution in [3.63, 3.8) is 0 Å². The molecule has 3 saturated heterocycles. The molecule has 2 N–H and O–H groups in total. The number of hydrogen-bond acceptors (Lipinski definition) is 6. The van der Waals surface area contributed by atoms with E-state index in [1.165, 1.54) is 0 Å². The van der Waals surface area contributed by atoms with Crippen LogP contribution in [-0.2, 0) is 23.8 Å². The van der Waals surface area contributed by atoms with Crippen LogP contribution in [0, 0.1) is 11.8 Å². The number of hydrogen-bond donors (Lipinski definition) is 2. The summed E-state index contributed by atoms with van der Waals surface area (Å²) >= 11 is 0. The molecule has 0 radical (unpaired) electrons. The van der Waals surface area contributed by atoms with Crippen molar-refractivity contribution in [1.29, 1.82) is 0 Å². The molecular formula is C31H49NO6. The van der Waals surface area contributed by atoms with Crippen molar-refractivity contribution in [3.8, 4) is 0 Å². The van der Waals surface area contributed by atoms with Gasteiger partial charge in [-0.2, -0.15) is 0 Å². The van der Waals surface area contributed by atoms with Crippen molar-refractivity contribution in [2.24, 2.45) is 11.8 Å². The minimum Gasteiger partial charge on any atom is -0.373 e. The van der Waals surface area contributed by atoms with Crippen LogP contribution in [0.2, 0.25) is 0 Å². The van der Waals surface area contributed by atoms with E-state index < -0.39 is 5.79 Å². The Morgan fingerprint density at radius 3 is 2.61 bits per heavy atom. The summed E-state index contributed by atoms with van der Waals surface area (Å²) in [6.07, 6.45) is 14.4. The van der Waals surface area contributed by atoms with Gasteiger partial charge in [-0.3, -0.25) is 9.59 Å². The summed E-state index contributed by atoms with van der Waals surface area (Å²) in [5, 5.41) is 14.2. The summed E-state index contributed by atoms with van der Waals surface area (Å²) in [5.74, 6) is -0.842. The van der Waals surface area contributed by atoms with Crippen molar-refractivity contribution < 1.29 is 28.9 Å². The van der Waals surface area contributed by atoms with E-state index in [0.29, 0.717) is 37.7 Å². The predicted octanol–water partition coefficient (Wildman–Crippen LogP) is 5.18. The molecule has 38 heavy (non-hydrogen) atoms. The van der Waals surface area contributed by atoms with Gasteiger partial charge in [0.1, 0.15) is 5.78 Å². The van der Waals surface area contributed by atoms with Crippen molar-refractivity contribution >= 4 is 11.7 Å². The van der Waals surface area contributed by atoms with Crippen LogP contribution in [0.1, 0.15) is 92.9 Å². The lowest BCUT2D eigenvalue weighted by atomic mass is 9.86. The Bertz CT molecular complexity index is 904. The lowest BCUT2D eigenvalue weighted by molar-refractivity contribution is -0.256. The molecule has 0 aromatic carbocycles. The average molecular weight is 532 g/mol. The van der Waals surface area contributed by atoms with E-state index >= 15 is 0 Å². The van der Waals surface area contributed by atoms with E-state index in [1.807, 2.05) is 52.8 Å². The Kier molecular flexibility index (Phi) is 10.9. The second-order valence-corrected chi connectivity index (χ2v) is 12.1. The Hall–Kier alpha value is -1.80. The standard InChI is InChI=1S/C31H49NO6/c1-7-8-9-25(33)17-31(35)19-30(20-36-30)18-26(38-31)13-11-22(4)12-14-28-23(5)16-27(24(6)37-28)32-29(34)15-10-21(2)3/h10-13,15,21,23-24,26-28,35H,7-9,14,16-20H2,1-6H3,(H,32,34)/b13-11+,15-10-,22-12+/t23-,24+,26+,27+,28-,30+,31?/m0/s1. The zero-order valence-corrected chi connectivity index (χ0v) is 24.2. The average Bonchev–Trinajstić information content (AvgIpc) is 3.57. The third-order valence-corrected chi connectivity index (χ3v) is 7.80. The first-order valence-corrected chi connectivity index (χ1v) is 14.5. The van der Waals surface area contributed by atoms with E-state index in [4.69, 9.17) is 14.2 Å². The van der Waals surface area contributed by atoms with Crippen LogP contribution in [0.15, 0.2) is 36.0 Å². The fourth-order valence-corrected chi connectivity index (χ4v) is 5.46. The van der Waals surface area contributed by atoms with Crippen molar-refractivity contribution in [3.05, 3.63) is 36.0 Å². The minimum atomic E-state index is -1.47. The van der Waals surface area contributed by atoms with Crippen LogP contribution in [0.25, 0.3) is 0 Å². The molecular weight excluding hydrogens is 482 g/mol. The van der Waals surface area contributed by atoms with E-state index in [9.17, 15) is 14.7 Å². The highest BCUT2D eigenvalue weighted by atomic mass is 16.7. The van der Waals surface area contributed by atoms with Gasteiger partial charge in [0.2, 0.25) is 5.91 Å². The Morgan fingerprint density at radius 2 is 1.95 bits per heavy atom. The maximum atomic E-state index is 12.3. The molecule has 1 amide bonds. The predicted molar refractivity (Wildman–Crippen MR) is 148 cm³/mol. The number of ketones is 1. The van der Waals surface area contributed by atoms with Crippen LogP contribution < -0.4 is 5.32 Å². The van der Waals surface area contributed by atoms with Gasteiger partial charge in [0.25, 0.3) is 0 Å². The normalized spacial score (nSPS) is 35.9. The lowest BCUT2D eigenvalue weighted by Gasteiger charge is -2.39. The molecule has 214 valence electrons. The van der Waals surface area contributed by atoms with Crippen molar-refractivity contribution in [1.82, 2.24) is 5.32 Å². The molecule has 0 aromatic heterocycles. The molecule has 0 bridgehead atoms. The first-order valence-electron chi connectivity index (χ1n) is 14.5. The monoisotopic (exact) mass is 531 g/mol. The molecule has 3 rings (SSSR count). The van der Waals surface area contributed by atoms with Crippen molar-refractivity contribution in [2.75, 3.05) is 6.61 Å². The van der Waals surface area contributed by atoms with Gasteiger partial charge in [0, 0.05) is 19.3 Å². The third kappa shape index (κ3) is 9.44. The van der Waals surface area contributed by atoms with Gasteiger partial charge in [-0.05, 0) is 51.0 Å². The van der Waals surface area contributed by atoms with Crippen LogP contribution in [0.3, 0.4) is 0 Å². The highest BCUT2D eigenvalue weighted by molar-refractivity contribution is 5.87. The van der Waals surface area contributed by atoms with Gasteiger partial charge in [-0.15, -0.1) is 0 Å². The van der Waals surface area contributed by atoms with Gasteiger partial charge in [-0.1, -0.05) is 64.0 Å². The summed E-state index contributed by atoms with van der Waals surface area (Å²) < 4.78 is 18.0. The zero-order chi connectivity index (χ0) is 27.9. The number of Topliss-reactive ketones (excluding diaryl/α,β-unsaturated/α-hetero) is 1. The largest absolute Gasteiger partial charge is 0.373 e. The Balaban J connectivity index is 1.51. The molecule has 7 atom stereocenters. The Morgan fingerprint density at radius 1 is 1.21 bits per heavy atom. The second kappa shape index (κ2) is 13.5. The number of nitrogens with one attached hydrogen (secondary N) is 1. The zero-order valence-electron chi connectivity index (χ0n) is 24.2. The molecule has 3 heterocycles. The maximum Gasteiger partial charge on any atom is 0.243 e. The van der Waals surface area contributed by atoms with E-state index in [0.717, 1.165) is 31.3 Å². The minimum absolute atomic E-state index is 0.00329. The molecule has 7 heteroatoms. The van der Waals surface area contributed by atoms with Crippen molar-refractivity contribution in [2.45, 2.75) is 129 Å². The lowest BCUT2D eigenvalue weighted by Crippen LogP contribution is -2.50. The van der Waals surface area contributed by atoms with Gasteiger partial charge < -0.3 is 24.6 Å². The number of epoxide rings is 1. The first kappa shape index (κ1) is 30.7. The summed E-state index contributed by atoms with van der Waals surface area (Å²) in [5.41, 5.74) is 0.716. The summed E-state index contributed by atoms with van der Waals surface area (Å²) in [4.78, 5) is 24.6. The number of amides is 1. The first-order chi connectivity index (χ1) is 17.9. The third-order valence-electron chi connectivity index (χ3n) is 7.80. The Labute approximate surface area is 229 Å². The molecule has 3 fully saturated rings. The molecule has 1 spiro atoms. The SMILES string of the molecule is CCCCC(=O)CC1(O)C[C@@]2(CO2)C[C@@H](/C=C/C(C)=C/C[C@@H]2O[C@H](C)[C@H](NC(=O)/C=C\C(C)C)C[C@@H]2C)O1. The number of unbranched alkanes of at least 4 members (excludes halogenated alkanes) is 1.